The molecular formula is C12H14N2O3. The third-order valence-corrected chi connectivity index (χ3v) is 2.71. The molecule has 0 radical (unpaired) electrons. The standard InChI is InChI=1S/C12H14N2O3/c1-2-14-9-6-4-3-5-8(9)13-11(14)7-10(15)12(16)17/h3-6,10,15H,2,7H2,1H3,(H,16,17). The fourth-order valence-electron chi connectivity index (χ4n) is 1.89. The van der Waals surface area contributed by atoms with E-state index in [1.807, 2.05) is 35.8 Å². The van der Waals surface area contributed by atoms with Crippen LogP contribution in [-0.4, -0.2) is 31.8 Å². The molecule has 0 amide bonds. The molecule has 5 nitrogen and oxygen atoms in total. The molecule has 2 N–H and O–H groups in total. The van der Waals surface area contributed by atoms with Gasteiger partial charge in [-0.1, -0.05) is 12.1 Å². The summed E-state index contributed by atoms with van der Waals surface area (Å²) in [6, 6.07) is 7.60. The summed E-state index contributed by atoms with van der Waals surface area (Å²) in [5.41, 5.74) is 1.78. The topological polar surface area (TPSA) is 75.4 Å². The van der Waals surface area contributed by atoms with E-state index in [2.05, 4.69) is 4.98 Å². The molecule has 0 saturated heterocycles. The Hall–Kier alpha value is -1.88. The lowest BCUT2D eigenvalue weighted by Crippen LogP contribution is -2.23. The lowest BCUT2D eigenvalue weighted by atomic mass is 10.2. The van der Waals surface area contributed by atoms with Crippen LogP contribution in [0, 0.1) is 0 Å². The minimum absolute atomic E-state index is 0.0256. The van der Waals surface area contributed by atoms with Crippen LogP contribution in [0.2, 0.25) is 0 Å². The highest BCUT2D eigenvalue weighted by Crippen LogP contribution is 2.16. The van der Waals surface area contributed by atoms with Gasteiger partial charge < -0.3 is 14.8 Å². The van der Waals surface area contributed by atoms with Gasteiger partial charge in [0, 0.05) is 13.0 Å². The quantitative estimate of drug-likeness (QED) is 0.829. The Morgan fingerprint density at radius 2 is 2.18 bits per heavy atom. The number of aromatic nitrogens is 2. The number of carbonyl (C=O) groups is 1. The first-order valence-electron chi connectivity index (χ1n) is 5.48. The molecule has 0 fully saturated rings. The minimum atomic E-state index is -1.41. The predicted molar refractivity (Wildman–Crippen MR) is 62.8 cm³/mol. The summed E-state index contributed by atoms with van der Waals surface area (Å²) < 4.78 is 1.92. The van der Waals surface area contributed by atoms with Crippen molar-refractivity contribution in [1.82, 2.24) is 9.55 Å². The van der Waals surface area contributed by atoms with Gasteiger partial charge in [-0.2, -0.15) is 0 Å². The molecule has 0 saturated carbocycles. The van der Waals surface area contributed by atoms with Gasteiger partial charge in [0.15, 0.2) is 6.10 Å². The molecule has 1 aromatic carbocycles. The lowest BCUT2D eigenvalue weighted by Gasteiger charge is -2.07. The largest absolute Gasteiger partial charge is 0.479 e. The van der Waals surface area contributed by atoms with Crippen LogP contribution in [0.1, 0.15) is 12.7 Å². The molecule has 17 heavy (non-hydrogen) atoms. The van der Waals surface area contributed by atoms with Crippen molar-refractivity contribution in [2.45, 2.75) is 26.0 Å². The molecule has 90 valence electrons. The number of aryl methyl sites for hydroxylation is 1. The number of imidazole rings is 1. The Bertz CT molecular complexity index is 548. The summed E-state index contributed by atoms with van der Waals surface area (Å²) in [4.78, 5) is 15.0. The number of aliphatic hydroxyl groups is 1. The number of hydrogen-bond acceptors (Lipinski definition) is 3. The molecule has 0 spiro atoms. The highest BCUT2D eigenvalue weighted by molar-refractivity contribution is 5.76. The molecule has 1 heterocycles. The zero-order chi connectivity index (χ0) is 12.4. The van der Waals surface area contributed by atoms with Crippen molar-refractivity contribution in [1.29, 1.82) is 0 Å². The molecule has 2 aromatic rings. The third-order valence-electron chi connectivity index (χ3n) is 2.71. The number of fused-ring (bicyclic) bond motifs is 1. The summed E-state index contributed by atoms with van der Waals surface area (Å²) in [5.74, 6) is -0.622. The van der Waals surface area contributed by atoms with Crippen LogP contribution in [0.4, 0.5) is 0 Å². The molecule has 1 atom stereocenters. The number of aliphatic carboxylic acids is 1. The Morgan fingerprint density at radius 3 is 2.82 bits per heavy atom. The van der Waals surface area contributed by atoms with Gasteiger partial charge in [-0.15, -0.1) is 0 Å². The van der Waals surface area contributed by atoms with E-state index in [0.717, 1.165) is 11.0 Å². The zero-order valence-corrected chi connectivity index (χ0v) is 9.50. The Morgan fingerprint density at radius 1 is 1.47 bits per heavy atom. The van der Waals surface area contributed by atoms with E-state index in [0.29, 0.717) is 12.4 Å². The monoisotopic (exact) mass is 234 g/mol. The summed E-state index contributed by atoms with van der Waals surface area (Å²) in [6.45, 7) is 2.66. The maximum Gasteiger partial charge on any atom is 0.332 e. The van der Waals surface area contributed by atoms with E-state index in [4.69, 9.17) is 5.11 Å². The van der Waals surface area contributed by atoms with Crippen LogP contribution in [0.5, 0.6) is 0 Å². The lowest BCUT2D eigenvalue weighted by molar-refractivity contribution is -0.146. The van der Waals surface area contributed by atoms with Crippen molar-refractivity contribution in [2.24, 2.45) is 0 Å². The number of para-hydroxylation sites is 2. The average Bonchev–Trinajstić information content (AvgIpc) is 2.65. The van der Waals surface area contributed by atoms with Gasteiger partial charge in [0.25, 0.3) is 0 Å². The highest BCUT2D eigenvalue weighted by Gasteiger charge is 2.18. The summed E-state index contributed by atoms with van der Waals surface area (Å²) in [7, 11) is 0. The van der Waals surface area contributed by atoms with E-state index < -0.39 is 12.1 Å². The Labute approximate surface area is 98.3 Å². The first-order chi connectivity index (χ1) is 8.13. The van der Waals surface area contributed by atoms with E-state index >= 15 is 0 Å². The fourth-order valence-corrected chi connectivity index (χ4v) is 1.89. The van der Waals surface area contributed by atoms with Crippen LogP contribution < -0.4 is 0 Å². The summed E-state index contributed by atoms with van der Waals surface area (Å²) >= 11 is 0. The number of rotatable bonds is 4. The van der Waals surface area contributed by atoms with E-state index in [1.54, 1.807) is 0 Å². The maximum atomic E-state index is 10.6. The van der Waals surface area contributed by atoms with Gasteiger partial charge in [0.05, 0.1) is 11.0 Å². The number of carboxylic acids is 1. The van der Waals surface area contributed by atoms with E-state index in [1.165, 1.54) is 0 Å². The molecule has 0 aliphatic rings. The first kappa shape index (κ1) is 11.6. The van der Waals surface area contributed by atoms with Gasteiger partial charge in [0.1, 0.15) is 5.82 Å². The van der Waals surface area contributed by atoms with Crippen LogP contribution >= 0.6 is 0 Å². The average molecular weight is 234 g/mol. The van der Waals surface area contributed by atoms with Crippen molar-refractivity contribution < 1.29 is 15.0 Å². The first-order valence-corrected chi connectivity index (χ1v) is 5.48. The normalized spacial score (nSPS) is 12.8. The van der Waals surface area contributed by atoms with Crippen molar-refractivity contribution in [2.75, 3.05) is 0 Å². The Kier molecular flexibility index (Phi) is 3.10. The van der Waals surface area contributed by atoms with Crippen molar-refractivity contribution in [3.63, 3.8) is 0 Å². The molecule has 0 aliphatic heterocycles. The highest BCUT2D eigenvalue weighted by atomic mass is 16.4. The van der Waals surface area contributed by atoms with Crippen LogP contribution in [0.15, 0.2) is 24.3 Å². The molecule has 0 aliphatic carbocycles. The van der Waals surface area contributed by atoms with Crippen molar-refractivity contribution in [3.05, 3.63) is 30.1 Å². The van der Waals surface area contributed by atoms with Crippen molar-refractivity contribution >= 4 is 17.0 Å². The number of carboxylic acid groups (broad SMARTS) is 1. The molecule has 2 rings (SSSR count). The summed E-state index contributed by atoms with van der Waals surface area (Å²) in [5, 5.41) is 18.1. The van der Waals surface area contributed by atoms with Crippen molar-refractivity contribution in [3.8, 4) is 0 Å². The smallest absolute Gasteiger partial charge is 0.332 e. The molecular weight excluding hydrogens is 220 g/mol. The number of nitrogens with zero attached hydrogens (tertiary/aromatic N) is 2. The van der Waals surface area contributed by atoms with Gasteiger partial charge in [0.2, 0.25) is 0 Å². The minimum Gasteiger partial charge on any atom is -0.479 e. The summed E-state index contributed by atoms with van der Waals surface area (Å²) in [6.07, 6.45) is -1.38. The molecule has 1 aromatic heterocycles. The number of benzene rings is 1. The second-order valence-corrected chi connectivity index (χ2v) is 3.82. The fraction of sp³-hybridized carbons (Fsp3) is 0.333. The predicted octanol–water partition coefficient (Wildman–Crippen LogP) is 1.04. The van der Waals surface area contributed by atoms with E-state index in [9.17, 15) is 9.90 Å². The zero-order valence-electron chi connectivity index (χ0n) is 9.50. The second-order valence-electron chi connectivity index (χ2n) is 3.82. The molecule has 1 unspecified atom stereocenters. The second kappa shape index (κ2) is 4.55. The van der Waals surface area contributed by atoms with Crippen LogP contribution in [0.3, 0.4) is 0 Å². The molecule has 5 heteroatoms. The third kappa shape index (κ3) is 2.14. The molecule has 0 bridgehead atoms. The number of aliphatic hydroxyl groups excluding tert-OH is 1. The van der Waals surface area contributed by atoms with Gasteiger partial charge in [-0.25, -0.2) is 9.78 Å². The number of hydrogen-bond donors (Lipinski definition) is 2. The SMILES string of the molecule is CCn1c(CC(O)C(=O)O)nc2ccccc21. The van der Waals surface area contributed by atoms with Crippen LogP contribution in [0.25, 0.3) is 11.0 Å². The van der Waals surface area contributed by atoms with Gasteiger partial charge in [-0.3, -0.25) is 0 Å². The van der Waals surface area contributed by atoms with Gasteiger partial charge in [-0.05, 0) is 19.1 Å². The van der Waals surface area contributed by atoms with Gasteiger partial charge >= 0.3 is 5.97 Å². The van der Waals surface area contributed by atoms with E-state index in [-0.39, 0.29) is 6.42 Å². The van der Waals surface area contributed by atoms with Crippen LogP contribution in [-0.2, 0) is 17.8 Å². The Balaban J connectivity index is 2.43. The maximum absolute atomic E-state index is 10.6.